The summed E-state index contributed by atoms with van der Waals surface area (Å²) < 4.78 is 2.62. The molecule has 0 bridgehead atoms. The molecule has 0 saturated carbocycles. The lowest BCUT2D eigenvalue weighted by Crippen LogP contribution is -2.41. The summed E-state index contributed by atoms with van der Waals surface area (Å²) >= 11 is 3.33. The predicted octanol–water partition coefficient (Wildman–Crippen LogP) is 2.38. The Morgan fingerprint density at radius 2 is 1.94 bits per heavy atom. The average molecular weight is 317 g/mol. The molecule has 0 radical (unpaired) electrons. The molecule has 1 aromatic rings. The molecule has 1 N–H and O–H groups in total. The van der Waals surface area contributed by atoms with Crippen molar-refractivity contribution in [3.63, 3.8) is 0 Å². The number of nitrogens with zero attached hydrogens (tertiary/aromatic N) is 2. The maximum absolute atomic E-state index is 12.3. The zero-order chi connectivity index (χ0) is 14.0. The van der Waals surface area contributed by atoms with Crippen LogP contribution in [0, 0.1) is 0 Å². The Morgan fingerprint density at radius 3 is 2.39 bits per heavy atom. The molecule has 1 aromatic heterocycles. The van der Waals surface area contributed by atoms with Crippen molar-refractivity contribution in [2.24, 2.45) is 0 Å². The molecule has 0 aliphatic rings. The van der Waals surface area contributed by atoms with E-state index in [2.05, 4.69) is 15.9 Å². The van der Waals surface area contributed by atoms with Gasteiger partial charge >= 0.3 is 5.97 Å². The molecule has 1 atom stereocenters. The second-order valence-electron chi connectivity index (χ2n) is 4.47. The maximum atomic E-state index is 12.3. The van der Waals surface area contributed by atoms with Crippen LogP contribution < -0.4 is 0 Å². The Hall–Kier alpha value is -1.30. The van der Waals surface area contributed by atoms with E-state index in [1.54, 1.807) is 6.07 Å². The molecule has 0 fully saturated rings. The van der Waals surface area contributed by atoms with Gasteiger partial charge in [-0.2, -0.15) is 0 Å². The Kier molecular flexibility index (Phi) is 4.56. The lowest BCUT2D eigenvalue weighted by molar-refractivity contribution is -0.141. The lowest BCUT2D eigenvalue weighted by Gasteiger charge is -2.23. The largest absolute Gasteiger partial charge is 0.480 e. The fraction of sp³-hybridized carbons (Fsp3) is 0.500. The molecule has 6 heteroatoms. The number of amides is 1. The highest BCUT2D eigenvalue weighted by Crippen LogP contribution is 2.21. The molecular formula is C12H17BrN2O3. The van der Waals surface area contributed by atoms with Crippen molar-refractivity contribution in [3.8, 4) is 0 Å². The Balaban J connectivity index is 3.07. The lowest BCUT2D eigenvalue weighted by atomic mass is 10.2. The highest BCUT2D eigenvalue weighted by molar-refractivity contribution is 9.10. The molecule has 0 aliphatic heterocycles. The highest BCUT2D eigenvalue weighted by atomic mass is 79.9. The normalized spacial score (nSPS) is 12.6. The number of aliphatic carboxylic acids is 1. The van der Waals surface area contributed by atoms with Crippen LogP contribution in [0.5, 0.6) is 0 Å². The molecule has 1 rings (SSSR count). The molecule has 0 saturated heterocycles. The summed E-state index contributed by atoms with van der Waals surface area (Å²) in [6.45, 7) is 5.41. The van der Waals surface area contributed by atoms with Crippen molar-refractivity contribution in [1.29, 1.82) is 0 Å². The average Bonchev–Trinajstić information content (AvgIpc) is 2.68. The minimum Gasteiger partial charge on any atom is -0.480 e. The Bertz CT molecular complexity index is 468. The summed E-state index contributed by atoms with van der Waals surface area (Å²) in [6.07, 6.45) is 1.82. The van der Waals surface area contributed by atoms with Crippen molar-refractivity contribution in [2.45, 2.75) is 32.9 Å². The number of hydrogen-bond acceptors (Lipinski definition) is 2. The third-order valence-corrected chi connectivity index (χ3v) is 3.28. The van der Waals surface area contributed by atoms with Gasteiger partial charge in [0.25, 0.3) is 5.91 Å². The molecule has 100 valence electrons. The minimum atomic E-state index is -1.02. The first-order valence-electron chi connectivity index (χ1n) is 5.63. The van der Waals surface area contributed by atoms with E-state index in [1.807, 2.05) is 24.6 Å². The number of carbonyl (C=O) groups is 2. The zero-order valence-electron chi connectivity index (χ0n) is 10.8. The van der Waals surface area contributed by atoms with E-state index in [-0.39, 0.29) is 11.9 Å². The molecular weight excluding hydrogens is 300 g/mol. The number of carboxylic acids is 1. The van der Waals surface area contributed by atoms with Crippen molar-refractivity contribution in [3.05, 3.63) is 22.4 Å². The maximum Gasteiger partial charge on any atom is 0.326 e. The number of hydrogen-bond donors (Lipinski definition) is 1. The molecule has 1 unspecified atom stereocenters. The molecule has 0 spiro atoms. The number of carbonyl (C=O) groups excluding carboxylic acids is 1. The number of carboxylic acid groups (broad SMARTS) is 1. The van der Waals surface area contributed by atoms with Crippen LogP contribution in [-0.2, 0) is 4.79 Å². The van der Waals surface area contributed by atoms with Crippen LogP contribution in [0.25, 0.3) is 0 Å². The predicted molar refractivity (Wildman–Crippen MR) is 71.7 cm³/mol. The van der Waals surface area contributed by atoms with Gasteiger partial charge in [-0.1, -0.05) is 0 Å². The topological polar surface area (TPSA) is 62.5 Å². The molecule has 0 aliphatic carbocycles. The van der Waals surface area contributed by atoms with Crippen molar-refractivity contribution < 1.29 is 14.7 Å². The standard InChI is InChI=1S/C12H17BrN2O3/c1-7(2)15-6-9(13)5-10(15)11(16)14(4)8(3)12(17)18/h5-8H,1-4H3,(H,17,18). The van der Waals surface area contributed by atoms with Crippen LogP contribution in [-0.4, -0.2) is 39.5 Å². The summed E-state index contributed by atoms with van der Waals surface area (Å²) in [5.74, 6) is -1.32. The first-order valence-corrected chi connectivity index (χ1v) is 6.42. The van der Waals surface area contributed by atoms with Gasteiger partial charge in [-0.3, -0.25) is 4.79 Å². The quantitative estimate of drug-likeness (QED) is 0.927. The van der Waals surface area contributed by atoms with E-state index in [4.69, 9.17) is 5.11 Å². The monoisotopic (exact) mass is 316 g/mol. The first kappa shape index (κ1) is 14.8. The number of rotatable bonds is 4. The third-order valence-electron chi connectivity index (χ3n) is 2.85. The second kappa shape index (κ2) is 5.56. The number of aromatic nitrogens is 1. The number of halogens is 1. The van der Waals surface area contributed by atoms with E-state index < -0.39 is 12.0 Å². The second-order valence-corrected chi connectivity index (χ2v) is 5.39. The molecule has 1 heterocycles. The summed E-state index contributed by atoms with van der Waals surface area (Å²) in [6, 6.07) is 0.975. The Morgan fingerprint density at radius 1 is 1.39 bits per heavy atom. The minimum absolute atomic E-state index is 0.129. The van der Waals surface area contributed by atoms with Crippen LogP contribution in [0.1, 0.15) is 37.3 Å². The van der Waals surface area contributed by atoms with Gasteiger partial charge in [0.15, 0.2) is 0 Å². The van der Waals surface area contributed by atoms with Gasteiger partial charge in [0.2, 0.25) is 0 Å². The van der Waals surface area contributed by atoms with Crippen LogP contribution in [0.4, 0.5) is 0 Å². The first-order chi connectivity index (χ1) is 8.25. The zero-order valence-corrected chi connectivity index (χ0v) is 12.4. The van der Waals surface area contributed by atoms with Gasteiger partial charge < -0.3 is 14.6 Å². The van der Waals surface area contributed by atoms with E-state index in [0.29, 0.717) is 5.69 Å². The van der Waals surface area contributed by atoms with Crippen LogP contribution in [0.15, 0.2) is 16.7 Å². The number of likely N-dealkylation sites (N-methyl/N-ethyl adjacent to an activating group) is 1. The van der Waals surface area contributed by atoms with E-state index in [0.717, 1.165) is 4.47 Å². The van der Waals surface area contributed by atoms with Gasteiger partial charge in [-0.05, 0) is 42.8 Å². The van der Waals surface area contributed by atoms with Gasteiger partial charge in [0.1, 0.15) is 11.7 Å². The van der Waals surface area contributed by atoms with Gasteiger partial charge in [-0.25, -0.2) is 4.79 Å². The summed E-state index contributed by atoms with van der Waals surface area (Å²) in [4.78, 5) is 24.4. The SMILES string of the molecule is CC(C(=O)O)N(C)C(=O)c1cc(Br)cn1C(C)C. The Labute approximate surface area is 115 Å². The summed E-state index contributed by atoms with van der Waals surface area (Å²) in [5, 5.41) is 8.92. The van der Waals surface area contributed by atoms with Gasteiger partial charge in [0.05, 0.1) is 0 Å². The smallest absolute Gasteiger partial charge is 0.326 e. The third kappa shape index (κ3) is 2.93. The molecule has 5 nitrogen and oxygen atoms in total. The fourth-order valence-corrected chi connectivity index (χ4v) is 2.00. The van der Waals surface area contributed by atoms with Crippen LogP contribution in [0.2, 0.25) is 0 Å². The van der Waals surface area contributed by atoms with Crippen molar-refractivity contribution in [2.75, 3.05) is 7.05 Å². The van der Waals surface area contributed by atoms with E-state index in [1.165, 1.54) is 18.9 Å². The molecule has 0 aromatic carbocycles. The van der Waals surface area contributed by atoms with Crippen LogP contribution >= 0.6 is 15.9 Å². The molecule has 18 heavy (non-hydrogen) atoms. The van der Waals surface area contributed by atoms with Gasteiger partial charge in [0, 0.05) is 23.8 Å². The summed E-state index contributed by atoms with van der Waals surface area (Å²) in [5.41, 5.74) is 0.479. The molecule has 1 amide bonds. The van der Waals surface area contributed by atoms with Crippen molar-refractivity contribution >= 4 is 27.8 Å². The van der Waals surface area contributed by atoms with Gasteiger partial charge in [-0.15, -0.1) is 0 Å². The fourth-order valence-electron chi connectivity index (χ4n) is 1.57. The highest BCUT2D eigenvalue weighted by Gasteiger charge is 2.25. The van der Waals surface area contributed by atoms with Crippen molar-refractivity contribution in [1.82, 2.24) is 9.47 Å². The van der Waals surface area contributed by atoms with Crippen LogP contribution in [0.3, 0.4) is 0 Å². The summed E-state index contributed by atoms with van der Waals surface area (Å²) in [7, 11) is 1.49. The van der Waals surface area contributed by atoms with E-state index >= 15 is 0 Å². The van der Waals surface area contributed by atoms with E-state index in [9.17, 15) is 9.59 Å².